The molecule has 2 rings (SSSR count). The van der Waals surface area contributed by atoms with Crippen LogP contribution in [0.3, 0.4) is 0 Å². The summed E-state index contributed by atoms with van der Waals surface area (Å²) in [6.45, 7) is 5.80. The van der Waals surface area contributed by atoms with E-state index in [1.807, 2.05) is 17.7 Å². The normalized spacial score (nSPS) is 12.1. The van der Waals surface area contributed by atoms with Gasteiger partial charge in [-0.25, -0.2) is 9.78 Å². The number of aromatic carboxylic acids is 1. The zero-order valence-electron chi connectivity index (χ0n) is 12.2. The zero-order chi connectivity index (χ0) is 15.6. The van der Waals surface area contributed by atoms with Crippen molar-refractivity contribution in [2.24, 2.45) is 0 Å². The fourth-order valence-electron chi connectivity index (χ4n) is 2.36. The Balaban J connectivity index is 2.11. The van der Waals surface area contributed by atoms with E-state index in [-0.39, 0.29) is 17.6 Å². The lowest BCUT2D eigenvalue weighted by Crippen LogP contribution is -2.36. The molecule has 3 N–H and O–H groups in total. The summed E-state index contributed by atoms with van der Waals surface area (Å²) in [6, 6.07) is -0.103. The predicted molar refractivity (Wildman–Crippen MR) is 76.4 cm³/mol. The molecule has 0 aliphatic rings. The third-order valence-corrected chi connectivity index (χ3v) is 3.30. The van der Waals surface area contributed by atoms with Gasteiger partial charge in [-0.3, -0.25) is 4.79 Å². The van der Waals surface area contributed by atoms with Crippen molar-refractivity contribution >= 4 is 11.9 Å². The van der Waals surface area contributed by atoms with Crippen LogP contribution in [0.1, 0.15) is 39.0 Å². The number of amides is 1. The largest absolute Gasteiger partial charge is 0.477 e. The maximum absolute atomic E-state index is 12.3. The van der Waals surface area contributed by atoms with Crippen LogP contribution in [0, 0.1) is 13.8 Å². The number of aromatic nitrogens is 3. The summed E-state index contributed by atoms with van der Waals surface area (Å²) in [6.07, 6.45) is 5.17. The first-order chi connectivity index (χ1) is 9.90. The number of rotatable bonds is 5. The molecule has 1 atom stereocenters. The Morgan fingerprint density at radius 3 is 2.71 bits per heavy atom. The molecule has 0 bridgehead atoms. The number of carbonyl (C=O) groups excluding carboxylic acids is 1. The maximum atomic E-state index is 12.3. The van der Waals surface area contributed by atoms with Gasteiger partial charge in [-0.05, 0) is 26.3 Å². The number of aryl methyl sites for hydroxylation is 1. The van der Waals surface area contributed by atoms with Gasteiger partial charge < -0.3 is 20.0 Å². The Morgan fingerprint density at radius 1 is 1.48 bits per heavy atom. The minimum absolute atomic E-state index is 0.0555. The summed E-state index contributed by atoms with van der Waals surface area (Å²) in [5.41, 5.74) is 1.45. The smallest absolute Gasteiger partial charge is 0.352 e. The van der Waals surface area contributed by atoms with Crippen molar-refractivity contribution in [3.63, 3.8) is 0 Å². The van der Waals surface area contributed by atoms with Crippen molar-refractivity contribution in [2.75, 3.05) is 0 Å². The fourth-order valence-corrected chi connectivity index (χ4v) is 2.36. The van der Waals surface area contributed by atoms with E-state index in [1.54, 1.807) is 26.4 Å². The van der Waals surface area contributed by atoms with E-state index >= 15 is 0 Å². The van der Waals surface area contributed by atoms with Crippen LogP contribution in [0.5, 0.6) is 0 Å². The lowest BCUT2D eigenvalue weighted by Gasteiger charge is -2.14. The molecule has 2 heterocycles. The van der Waals surface area contributed by atoms with Crippen LogP contribution in [0.2, 0.25) is 0 Å². The van der Waals surface area contributed by atoms with E-state index in [1.165, 1.54) is 0 Å². The van der Waals surface area contributed by atoms with Gasteiger partial charge in [0.25, 0.3) is 5.91 Å². The van der Waals surface area contributed by atoms with E-state index in [4.69, 9.17) is 5.11 Å². The second kappa shape index (κ2) is 5.82. The molecule has 1 unspecified atom stereocenters. The third-order valence-electron chi connectivity index (χ3n) is 3.30. The number of nitrogens with zero attached hydrogens (tertiary/aromatic N) is 2. The number of imidazole rings is 1. The molecule has 21 heavy (non-hydrogen) atoms. The molecule has 2 aromatic heterocycles. The average molecular weight is 290 g/mol. The minimum atomic E-state index is -1.07. The molecule has 0 saturated carbocycles. The summed E-state index contributed by atoms with van der Waals surface area (Å²) < 4.78 is 1.87. The van der Waals surface area contributed by atoms with Crippen molar-refractivity contribution in [1.29, 1.82) is 0 Å². The molecule has 0 saturated heterocycles. The molecule has 0 aliphatic carbocycles. The van der Waals surface area contributed by atoms with E-state index < -0.39 is 5.97 Å². The summed E-state index contributed by atoms with van der Waals surface area (Å²) in [5, 5.41) is 11.9. The van der Waals surface area contributed by atoms with Crippen LogP contribution in [0.25, 0.3) is 0 Å². The van der Waals surface area contributed by atoms with Crippen LogP contribution in [-0.4, -0.2) is 37.6 Å². The van der Waals surface area contributed by atoms with E-state index in [9.17, 15) is 9.59 Å². The first-order valence-electron chi connectivity index (χ1n) is 6.59. The summed E-state index contributed by atoms with van der Waals surface area (Å²) in [7, 11) is 0. The van der Waals surface area contributed by atoms with Gasteiger partial charge in [-0.15, -0.1) is 0 Å². The van der Waals surface area contributed by atoms with Gasteiger partial charge in [0.2, 0.25) is 0 Å². The van der Waals surface area contributed by atoms with Crippen molar-refractivity contribution in [3.8, 4) is 0 Å². The lowest BCUT2D eigenvalue weighted by atomic mass is 10.1. The van der Waals surface area contributed by atoms with Crippen molar-refractivity contribution in [1.82, 2.24) is 19.9 Å². The number of nitrogens with one attached hydrogen (secondary N) is 2. The average Bonchev–Trinajstić information content (AvgIpc) is 2.97. The molecular weight excluding hydrogens is 272 g/mol. The molecule has 7 heteroatoms. The first kappa shape index (κ1) is 14.8. The Bertz CT molecular complexity index is 658. The summed E-state index contributed by atoms with van der Waals surface area (Å²) in [5.74, 6) is -1.34. The molecule has 2 aromatic rings. The monoisotopic (exact) mass is 290 g/mol. The van der Waals surface area contributed by atoms with Crippen LogP contribution in [-0.2, 0) is 6.54 Å². The number of carboxylic acids is 1. The summed E-state index contributed by atoms with van der Waals surface area (Å²) in [4.78, 5) is 30.1. The van der Waals surface area contributed by atoms with E-state index in [0.29, 0.717) is 23.4 Å². The van der Waals surface area contributed by atoms with Crippen molar-refractivity contribution in [2.45, 2.75) is 33.4 Å². The Morgan fingerprint density at radius 2 is 2.19 bits per heavy atom. The molecule has 1 amide bonds. The first-order valence-corrected chi connectivity index (χ1v) is 6.59. The number of H-pyrrole nitrogens is 1. The topological polar surface area (TPSA) is 100 Å². The molecular formula is C14H18N4O3. The van der Waals surface area contributed by atoms with Gasteiger partial charge in [-0.1, -0.05) is 0 Å². The molecule has 0 aliphatic heterocycles. The van der Waals surface area contributed by atoms with E-state index in [2.05, 4.69) is 15.3 Å². The van der Waals surface area contributed by atoms with Crippen LogP contribution < -0.4 is 5.32 Å². The SMILES string of the molecule is Cc1[nH]c(C(=O)O)c(C)c1C(=O)NC(C)Cn1ccnc1. The number of hydrogen-bond donors (Lipinski definition) is 3. The predicted octanol–water partition coefficient (Wildman–Crippen LogP) is 1.34. The van der Waals surface area contributed by atoms with Gasteiger partial charge in [0, 0.05) is 30.7 Å². The van der Waals surface area contributed by atoms with Crippen LogP contribution in [0.15, 0.2) is 18.7 Å². The second-order valence-corrected chi connectivity index (χ2v) is 5.06. The quantitative estimate of drug-likeness (QED) is 0.773. The highest BCUT2D eigenvalue weighted by atomic mass is 16.4. The van der Waals surface area contributed by atoms with Gasteiger partial charge in [0.15, 0.2) is 0 Å². The number of carbonyl (C=O) groups is 2. The molecule has 0 fully saturated rings. The standard InChI is InChI=1S/C14H18N4O3/c1-8(6-18-5-4-15-7-18)16-13(19)11-9(2)12(14(20)21)17-10(11)3/h4-5,7-8,17H,6H2,1-3H3,(H,16,19)(H,20,21). The maximum Gasteiger partial charge on any atom is 0.352 e. The molecule has 7 nitrogen and oxygen atoms in total. The summed E-state index contributed by atoms with van der Waals surface area (Å²) >= 11 is 0. The van der Waals surface area contributed by atoms with Gasteiger partial charge in [0.1, 0.15) is 5.69 Å². The molecule has 0 spiro atoms. The zero-order valence-corrected chi connectivity index (χ0v) is 12.2. The van der Waals surface area contributed by atoms with E-state index in [0.717, 1.165) is 0 Å². The minimum Gasteiger partial charge on any atom is -0.477 e. The Labute approximate surface area is 122 Å². The van der Waals surface area contributed by atoms with Crippen molar-refractivity contribution < 1.29 is 14.7 Å². The van der Waals surface area contributed by atoms with Gasteiger partial charge >= 0.3 is 5.97 Å². The molecule has 112 valence electrons. The number of carboxylic acid groups (broad SMARTS) is 1. The van der Waals surface area contributed by atoms with Crippen LogP contribution in [0.4, 0.5) is 0 Å². The van der Waals surface area contributed by atoms with Gasteiger partial charge in [-0.2, -0.15) is 0 Å². The highest BCUT2D eigenvalue weighted by molar-refractivity contribution is 6.00. The molecule has 0 radical (unpaired) electrons. The Hall–Kier alpha value is -2.57. The third kappa shape index (κ3) is 3.13. The highest BCUT2D eigenvalue weighted by Crippen LogP contribution is 2.18. The Kier molecular flexibility index (Phi) is 4.11. The van der Waals surface area contributed by atoms with Gasteiger partial charge in [0.05, 0.1) is 11.9 Å². The van der Waals surface area contributed by atoms with Crippen molar-refractivity contribution in [3.05, 3.63) is 41.2 Å². The second-order valence-electron chi connectivity index (χ2n) is 5.06. The lowest BCUT2D eigenvalue weighted by molar-refractivity contribution is 0.0690. The molecule has 0 aromatic carbocycles. The van der Waals surface area contributed by atoms with Crippen LogP contribution >= 0.6 is 0 Å². The fraction of sp³-hybridized carbons (Fsp3) is 0.357. The number of hydrogen-bond acceptors (Lipinski definition) is 3. The number of aromatic amines is 1. The highest BCUT2D eigenvalue weighted by Gasteiger charge is 2.22.